The smallest absolute Gasteiger partial charge is 0.394 e. The quantitative estimate of drug-likeness (QED) is 0.870. The summed E-state index contributed by atoms with van der Waals surface area (Å²) in [5.41, 5.74) is 0.287. The number of anilines is 1. The molecule has 0 saturated carbocycles. The van der Waals surface area contributed by atoms with E-state index in [1.54, 1.807) is 30.3 Å². The molecule has 0 aliphatic carbocycles. The number of aliphatic hydroxyl groups excluding tert-OH is 1. The van der Waals surface area contributed by atoms with E-state index in [2.05, 4.69) is 5.32 Å². The highest BCUT2D eigenvalue weighted by atomic mass is 35.5. The fraction of sp³-hybridized carbons (Fsp3) is 0.200. The molecule has 0 aromatic heterocycles. The maximum absolute atomic E-state index is 12.7. The van der Waals surface area contributed by atoms with Crippen LogP contribution in [0, 0.1) is 0 Å². The highest BCUT2D eigenvalue weighted by Gasteiger charge is 2.30. The van der Waals surface area contributed by atoms with Gasteiger partial charge in [-0.25, -0.2) is 0 Å². The fourth-order valence-electron chi connectivity index (χ4n) is 1.91. The van der Waals surface area contributed by atoms with Gasteiger partial charge < -0.3 is 10.4 Å². The summed E-state index contributed by atoms with van der Waals surface area (Å²) in [4.78, 5) is 0. The predicted molar refractivity (Wildman–Crippen MR) is 76.3 cm³/mol. The number of aliphatic hydroxyl groups is 1. The van der Waals surface area contributed by atoms with Crippen LogP contribution in [0.2, 0.25) is 5.02 Å². The van der Waals surface area contributed by atoms with Gasteiger partial charge in [-0.3, -0.25) is 0 Å². The molecule has 0 bridgehead atoms. The van der Waals surface area contributed by atoms with E-state index in [9.17, 15) is 18.3 Å². The lowest BCUT2D eigenvalue weighted by Crippen LogP contribution is -2.16. The zero-order valence-electron chi connectivity index (χ0n) is 10.9. The lowest BCUT2D eigenvalue weighted by atomic mass is 10.0. The number of halogens is 4. The van der Waals surface area contributed by atoms with Crippen molar-refractivity contribution in [3.8, 4) is 0 Å². The summed E-state index contributed by atoms with van der Waals surface area (Å²) in [6.45, 7) is -0.329. The molecule has 0 amide bonds. The van der Waals surface area contributed by atoms with E-state index in [0.29, 0.717) is 16.3 Å². The molecule has 112 valence electrons. The Morgan fingerprint density at radius 3 is 2.33 bits per heavy atom. The Bertz CT molecular complexity index is 599. The second kappa shape index (κ2) is 6.37. The Morgan fingerprint density at radius 1 is 1.10 bits per heavy atom. The van der Waals surface area contributed by atoms with Crippen LogP contribution < -0.4 is 5.32 Å². The van der Waals surface area contributed by atoms with Crippen molar-refractivity contribution in [2.45, 2.75) is 12.2 Å². The third-order valence-electron chi connectivity index (χ3n) is 2.98. The molecule has 21 heavy (non-hydrogen) atoms. The van der Waals surface area contributed by atoms with Crippen LogP contribution in [0.5, 0.6) is 0 Å². The van der Waals surface area contributed by atoms with Gasteiger partial charge in [0.05, 0.1) is 18.2 Å². The Labute approximate surface area is 125 Å². The van der Waals surface area contributed by atoms with Crippen LogP contribution in [-0.2, 0) is 6.18 Å². The van der Waals surface area contributed by atoms with Crippen molar-refractivity contribution >= 4 is 17.3 Å². The average molecular weight is 316 g/mol. The molecule has 0 saturated heterocycles. The Balaban J connectivity index is 2.23. The molecule has 2 aromatic rings. The Morgan fingerprint density at radius 2 is 1.76 bits per heavy atom. The first-order valence-electron chi connectivity index (χ1n) is 6.20. The number of benzene rings is 2. The van der Waals surface area contributed by atoms with Crippen molar-refractivity contribution in [2.75, 3.05) is 11.9 Å². The molecule has 0 aliphatic heterocycles. The van der Waals surface area contributed by atoms with Crippen molar-refractivity contribution in [3.63, 3.8) is 0 Å². The lowest BCUT2D eigenvalue weighted by Gasteiger charge is -2.19. The van der Waals surface area contributed by atoms with Gasteiger partial charge in [0.25, 0.3) is 0 Å². The largest absolute Gasteiger partial charge is 0.416 e. The van der Waals surface area contributed by atoms with Gasteiger partial charge in [0.15, 0.2) is 0 Å². The molecular formula is C15H13ClF3NO. The summed E-state index contributed by atoms with van der Waals surface area (Å²) < 4.78 is 38.1. The molecule has 2 rings (SSSR count). The maximum atomic E-state index is 12.7. The minimum atomic E-state index is -4.41. The SMILES string of the molecule is OCC(Nc1ccc(Cl)cc1)c1cccc(C(F)(F)F)c1. The van der Waals surface area contributed by atoms with Gasteiger partial charge in [-0.2, -0.15) is 13.2 Å². The van der Waals surface area contributed by atoms with Crippen LogP contribution in [0.1, 0.15) is 17.2 Å². The molecule has 2 nitrogen and oxygen atoms in total. The van der Waals surface area contributed by atoms with Gasteiger partial charge in [0.2, 0.25) is 0 Å². The summed E-state index contributed by atoms with van der Waals surface area (Å²) in [5.74, 6) is 0. The van der Waals surface area contributed by atoms with E-state index in [4.69, 9.17) is 11.6 Å². The predicted octanol–water partition coefficient (Wildman–Crippen LogP) is 4.50. The summed E-state index contributed by atoms with van der Waals surface area (Å²) in [7, 11) is 0. The van der Waals surface area contributed by atoms with E-state index in [0.717, 1.165) is 12.1 Å². The number of alkyl halides is 3. The van der Waals surface area contributed by atoms with E-state index in [1.807, 2.05) is 0 Å². The average Bonchev–Trinajstić information content (AvgIpc) is 2.46. The Kier molecular flexibility index (Phi) is 4.75. The number of rotatable bonds is 4. The molecule has 0 heterocycles. The van der Waals surface area contributed by atoms with Crippen molar-refractivity contribution in [3.05, 3.63) is 64.7 Å². The standard InChI is InChI=1S/C15H13ClF3NO/c16-12-4-6-13(7-5-12)20-14(9-21)10-2-1-3-11(8-10)15(17,18)19/h1-8,14,20-21H,9H2. The van der Waals surface area contributed by atoms with Crippen LogP contribution in [0.25, 0.3) is 0 Å². The van der Waals surface area contributed by atoms with E-state index >= 15 is 0 Å². The number of hydrogen-bond acceptors (Lipinski definition) is 2. The monoisotopic (exact) mass is 315 g/mol. The lowest BCUT2D eigenvalue weighted by molar-refractivity contribution is -0.137. The zero-order chi connectivity index (χ0) is 15.5. The molecule has 1 unspecified atom stereocenters. The van der Waals surface area contributed by atoms with Crippen LogP contribution >= 0.6 is 11.6 Å². The molecule has 0 radical (unpaired) electrons. The van der Waals surface area contributed by atoms with Crippen molar-refractivity contribution in [1.82, 2.24) is 0 Å². The van der Waals surface area contributed by atoms with Crippen LogP contribution in [0.3, 0.4) is 0 Å². The molecule has 6 heteroatoms. The molecule has 0 aliphatic rings. The van der Waals surface area contributed by atoms with Crippen LogP contribution in [0.4, 0.5) is 18.9 Å². The second-order valence-corrected chi connectivity index (χ2v) is 4.95. The first kappa shape index (κ1) is 15.7. The summed E-state index contributed by atoms with van der Waals surface area (Å²) in [6, 6.07) is 11.0. The second-order valence-electron chi connectivity index (χ2n) is 4.51. The molecule has 1 atom stereocenters. The minimum absolute atomic E-state index is 0.329. The van der Waals surface area contributed by atoms with Gasteiger partial charge in [0, 0.05) is 10.7 Å². The number of nitrogens with one attached hydrogen (secondary N) is 1. The topological polar surface area (TPSA) is 32.3 Å². The van der Waals surface area contributed by atoms with Gasteiger partial charge in [0.1, 0.15) is 0 Å². The first-order chi connectivity index (χ1) is 9.90. The molecular weight excluding hydrogens is 303 g/mol. The van der Waals surface area contributed by atoms with Gasteiger partial charge in [-0.15, -0.1) is 0 Å². The highest BCUT2D eigenvalue weighted by Crippen LogP contribution is 2.31. The van der Waals surface area contributed by atoms with Gasteiger partial charge >= 0.3 is 6.18 Å². The van der Waals surface area contributed by atoms with Crippen molar-refractivity contribution in [1.29, 1.82) is 0 Å². The zero-order valence-corrected chi connectivity index (χ0v) is 11.6. The molecule has 2 aromatic carbocycles. The third kappa shape index (κ3) is 4.12. The number of hydrogen-bond donors (Lipinski definition) is 2. The minimum Gasteiger partial charge on any atom is -0.394 e. The van der Waals surface area contributed by atoms with Gasteiger partial charge in [-0.1, -0.05) is 23.7 Å². The van der Waals surface area contributed by atoms with E-state index in [1.165, 1.54) is 6.07 Å². The summed E-state index contributed by atoms with van der Waals surface area (Å²) >= 11 is 5.77. The normalized spacial score (nSPS) is 13.0. The molecule has 0 spiro atoms. The molecule has 2 N–H and O–H groups in total. The van der Waals surface area contributed by atoms with Crippen LogP contribution in [-0.4, -0.2) is 11.7 Å². The van der Waals surface area contributed by atoms with E-state index < -0.39 is 17.8 Å². The fourth-order valence-corrected chi connectivity index (χ4v) is 2.04. The first-order valence-corrected chi connectivity index (χ1v) is 6.58. The Hall–Kier alpha value is -1.72. The third-order valence-corrected chi connectivity index (χ3v) is 3.24. The van der Waals surface area contributed by atoms with Gasteiger partial charge in [-0.05, 0) is 42.0 Å². The van der Waals surface area contributed by atoms with Crippen molar-refractivity contribution < 1.29 is 18.3 Å². The summed E-state index contributed by atoms with van der Waals surface area (Å²) in [6.07, 6.45) is -4.41. The maximum Gasteiger partial charge on any atom is 0.416 e. The van der Waals surface area contributed by atoms with E-state index in [-0.39, 0.29) is 6.61 Å². The molecule has 0 fully saturated rings. The highest BCUT2D eigenvalue weighted by molar-refractivity contribution is 6.30. The van der Waals surface area contributed by atoms with Crippen LogP contribution in [0.15, 0.2) is 48.5 Å². The summed E-state index contributed by atoms with van der Waals surface area (Å²) in [5, 5.41) is 12.9. The van der Waals surface area contributed by atoms with Crippen molar-refractivity contribution in [2.24, 2.45) is 0 Å².